The molecule has 0 bridgehead atoms. The van der Waals surface area contributed by atoms with E-state index < -0.39 is 11.5 Å². The second-order valence-corrected chi connectivity index (χ2v) is 4.55. The van der Waals surface area contributed by atoms with Crippen molar-refractivity contribution in [1.29, 1.82) is 0 Å². The lowest BCUT2D eigenvalue weighted by molar-refractivity contribution is -0.142. The number of nitrogens with two attached hydrogens (primary N) is 1. The smallest absolute Gasteiger partial charge is 0.323 e. The Bertz CT molecular complexity index is 371. The molecule has 5 heteroatoms. The predicted octanol–water partition coefficient (Wildman–Crippen LogP) is 2.34. The molecular weight excluding hydrogens is 237 g/mol. The van der Waals surface area contributed by atoms with E-state index in [0.717, 1.165) is 0 Å². The van der Waals surface area contributed by atoms with Crippen LogP contribution in [0, 0.1) is 0 Å². The zero-order valence-electron chi connectivity index (χ0n) is 8.13. The molecule has 0 radical (unpaired) electrons. The van der Waals surface area contributed by atoms with Crippen LogP contribution >= 0.6 is 23.2 Å². The number of rotatable bonds is 3. The molecule has 1 aromatic rings. The summed E-state index contributed by atoms with van der Waals surface area (Å²) < 4.78 is 0. The quantitative estimate of drug-likeness (QED) is 0.862. The van der Waals surface area contributed by atoms with E-state index in [9.17, 15) is 4.79 Å². The number of carboxylic acids is 1. The van der Waals surface area contributed by atoms with Gasteiger partial charge in [0, 0.05) is 16.5 Å². The molecule has 0 aliphatic rings. The Labute approximate surface area is 97.8 Å². The minimum absolute atomic E-state index is 0.183. The second kappa shape index (κ2) is 4.39. The minimum Gasteiger partial charge on any atom is -0.480 e. The number of hydrogen-bond acceptors (Lipinski definition) is 2. The van der Waals surface area contributed by atoms with Crippen molar-refractivity contribution in [2.45, 2.75) is 18.9 Å². The van der Waals surface area contributed by atoms with Gasteiger partial charge in [-0.1, -0.05) is 23.2 Å². The third-order valence-electron chi connectivity index (χ3n) is 1.98. The van der Waals surface area contributed by atoms with Gasteiger partial charge in [0.1, 0.15) is 5.54 Å². The molecule has 0 saturated heterocycles. The molecule has 0 aliphatic carbocycles. The van der Waals surface area contributed by atoms with E-state index in [2.05, 4.69) is 0 Å². The lowest BCUT2D eigenvalue weighted by Gasteiger charge is -2.19. The number of aliphatic carboxylic acids is 1. The van der Waals surface area contributed by atoms with Crippen LogP contribution in [0.15, 0.2) is 18.2 Å². The van der Waals surface area contributed by atoms with Crippen LogP contribution in [0.5, 0.6) is 0 Å². The van der Waals surface area contributed by atoms with Gasteiger partial charge in [0.2, 0.25) is 0 Å². The SMILES string of the molecule is CC(N)(Cc1cc(Cl)cc(Cl)c1)C(=O)O. The molecule has 0 aromatic heterocycles. The summed E-state index contributed by atoms with van der Waals surface area (Å²) in [4.78, 5) is 10.8. The lowest BCUT2D eigenvalue weighted by Crippen LogP contribution is -2.46. The Hall–Kier alpha value is -0.770. The van der Waals surface area contributed by atoms with E-state index in [1.54, 1.807) is 18.2 Å². The number of benzene rings is 1. The molecular formula is C10H11Cl2NO2. The zero-order valence-corrected chi connectivity index (χ0v) is 9.64. The molecule has 1 aromatic carbocycles. The van der Waals surface area contributed by atoms with Gasteiger partial charge in [0.25, 0.3) is 0 Å². The van der Waals surface area contributed by atoms with Crippen LogP contribution in [0.25, 0.3) is 0 Å². The molecule has 0 aliphatic heterocycles. The fourth-order valence-electron chi connectivity index (χ4n) is 1.21. The third kappa shape index (κ3) is 3.38. The van der Waals surface area contributed by atoms with E-state index in [1.165, 1.54) is 6.92 Å². The first kappa shape index (κ1) is 12.3. The Morgan fingerprint density at radius 1 is 1.40 bits per heavy atom. The molecule has 15 heavy (non-hydrogen) atoms. The van der Waals surface area contributed by atoms with Gasteiger partial charge >= 0.3 is 5.97 Å². The van der Waals surface area contributed by atoms with E-state index in [-0.39, 0.29) is 6.42 Å². The maximum atomic E-state index is 10.8. The van der Waals surface area contributed by atoms with Crippen molar-refractivity contribution in [1.82, 2.24) is 0 Å². The van der Waals surface area contributed by atoms with Gasteiger partial charge < -0.3 is 10.8 Å². The summed E-state index contributed by atoms with van der Waals surface area (Å²) in [6, 6.07) is 4.89. The Morgan fingerprint density at radius 2 is 1.87 bits per heavy atom. The van der Waals surface area contributed by atoms with Gasteiger partial charge in [-0.05, 0) is 30.7 Å². The molecule has 3 N–H and O–H groups in total. The van der Waals surface area contributed by atoms with Crippen LogP contribution in [-0.4, -0.2) is 16.6 Å². The molecule has 82 valence electrons. The third-order valence-corrected chi connectivity index (χ3v) is 2.42. The fraction of sp³-hybridized carbons (Fsp3) is 0.300. The first-order chi connectivity index (χ1) is 6.81. The van der Waals surface area contributed by atoms with Crippen LogP contribution in [0.1, 0.15) is 12.5 Å². The predicted molar refractivity (Wildman–Crippen MR) is 60.4 cm³/mol. The number of carboxylic acid groups (broad SMARTS) is 1. The van der Waals surface area contributed by atoms with E-state index >= 15 is 0 Å². The van der Waals surface area contributed by atoms with Gasteiger partial charge in [-0.25, -0.2) is 0 Å². The highest BCUT2D eigenvalue weighted by molar-refractivity contribution is 6.34. The number of halogens is 2. The van der Waals surface area contributed by atoms with Gasteiger partial charge in [-0.3, -0.25) is 4.79 Å². The molecule has 1 atom stereocenters. The number of hydrogen-bond donors (Lipinski definition) is 2. The second-order valence-electron chi connectivity index (χ2n) is 3.68. The van der Waals surface area contributed by atoms with Crippen molar-refractivity contribution in [2.75, 3.05) is 0 Å². The normalized spacial score (nSPS) is 14.7. The Balaban J connectivity index is 2.94. The fourth-order valence-corrected chi connectivity index (χ4v) is 1.78. The highest BCUT2D eigenvalue weighted by Crippen LogP contribution is 2.21. The van der Waals surface area contributed by atoms with Crippen LogP contribution in [0.2, 0.25) is 10.0 Å². The minimum atomic E-state index is -1.31. The van der Waals surface area contributed by atoms with Gasteiger partial charge in [0.05, 0.1) is 0 Å². The molecule has 0 saturated carbocycles. The summed E-state index contributed by atoms with van der Waals surface area (Å²) >= 11 is 11.6. The summed E-state index contributed by atoms with van der Waals surface area (Å²) in [6.07, 6.45) is 0.183. The molecule has 0 spiro atoms. The maximum absolute atomic E-state index is 10.8. The topological polar surface area (TPSA) is 63.3 Å². The summed E-state index contributed by atoms with van der Waals surface area (Å²) in [7, 11) is 0. The number of carbonyl (C=O) groups is 1. The molecule has 1 unspecified atom stereocenters. The zero-order chi connectivity index (χ0) is 11.6. The van der Waals surface area contributed by atoms with Crippen molar-refractivity contribution in [3.63, 3.8) is 0 Å². The lowest BCUT2D eigenvalue weighted by atomic mass is 9.94. The van der Waals surface area contributed by atoms with Gasteiger partial charge in [0.15, 0.2) is 0 Å². The van der Waals surface area contributed by atoms with E-state index in [4.69, 9.17) is 34.0 Å². The average molecular weight is 248 g/mol. The van der Waals surface area contributed by atoms with Gasteiger partial charge in [-0.2, -0.15) is 0 Å². The standard InChI is InChI=1S/C10H11Cl2NO2/c1-10(13,9(14)15)5-6-2-7(11)4-8(12)3-6/h2-4H,5,13H2,1H3,(H,14,15). The van der Waals surface area contributed by atoms with Crippen molar-refractivity contribution in [3.05, 3.63) is 33.8 Å². The summed E-state index contributed by atoms with van der Waals surface area (Å²) in [5, 5.41) is 9.79. The van der Waals surface area contributed by atoms with E-state index in [0.29, 0.717) is 15.6 Å². The van der Waals surface area contributed by atoms with Crippen molar-refractivity contribution in [2.24, 2.45) is 5.73 Å². The highest BCUT2D eigenvalue weighted by Gasteiger charge is 2.28. The average Bonchev–Trinajstić information content (AvgIpc) is 1.99. The molecule has 0 amide bonds. The van der Waals surface area contributed by atoms with Crippen molar-refractivity contribution < 1.29 is 9.90 Å². The van der Waals surface area contributed by atoms with Crippen LogP contribution in [0.3, 0.4) is 0 Å². The Kier molecular flexibility index (Phi) is 3.60. The largest absolute Gasteiger partial charge is 0.480 e. The molecule has 1 rings (SSSR count). The van der Waals surface area contributed by atoms with Crippen LogP contribution < -0.4 is 5.73 Å². The van der Waals surface area contributed by atoms with E-state index in [1.807, 2.05) is 0 Å². The molecule has 0 fully saturated rings. The van der Waals surface area contributed by atoms with Crippen LogP contribution in [-0.2, 0) is 11.2 Å². The highest BCUT2D eigenvalue weighted by atomic mass is 35.5. The monoisotopic (exact) mass is 247 g/mol. The molecule has 0 heterocycles. The Morgan fingerprint density at radius 3 is 2.27 bits per heavy atom. The van der Waals surface area contributed by atoms with Crippen molar-refractivity contribution in [3.8, 4) is 0 Å². The van der Waals surface area contributed by atoms with Crippen LogP contribution in [0.4, 0.5) is 0 Å². The van der Waals surface area contributed by atoms with Crippen molar-refractivity contribution >= 4 is 29.2 Å². The first-order valence-corrected chi connectivity index (χ1v) is 5.04. The molecule has 3 nitrogen and oxygen atoms in total. The maximum Gasteiger partial charge on any atom is 0.323 e. The summed E-state index contributed by atoms with van der Waals surface area (Å²) in [5.74, 6) is -1.06. The van der Waals surface area contributed by atoms with Gasteiger partial charge in [-0.15, -0.1) is 0 Å². The first-order valence-electron chi connectivity index (χ1n) is 4.28. The summed E-state index contributed by atoms with van der Waals surface area (Å²) in [5.41, 5.74) is 5.00. The summed E-state index contributed by atoms with van der Waals surface area (Å²) in [6.45, 7) is 1.45.